The number of carbonyl (C=O) groups excluding carboxylic acids is 2. The minimum absolute atomic E-state index is 0.306. The summed E-state index contributed by atoms with van der Waals surface area (Å²) in [7, 11) is 1.54. The normalized spacial score (nSPS) is 11.5. The predicted molar refractivity (Wildman–Crippen MR) is 97.3 cm³/mol. The number of rotatable bonds is 7. The van der Waals surface area contributed by atoms with E-state index in [-0.39, 0.29) is 12.4 Å². The van der Waals surface area contributed by atoms with E-state index in [4.69, 9.17) is 14.2 Å². The van der Waals surface area contributed by atoms with Crippen molar-refractivity contribution in [2.24, 2.45) is 0 Å². The molecule has 2 rings (SSSR count). The van der Waals surface area contributed by atoms with Gasteiger partial charge >= 0.3 is 5.97 Å². The van der Waals surface area contributed by atoms with Gasteiger partial charge in [0, 0.05) is 5.56 Å². The fourth-order valence-electron chi connectivity index (χ4n) is 2.05. The van der Waals surface area contributed by atoms with Crippen molar-refractivity contribution in [1.82, 2.24) is 0 Å². The molecule has 0 heterocycles. The highest BCUT2D eigenvalue weighted by Crippen LogP contribution is 2.25. The molecule has 0 saturated heterocycles. The second-order valence-electron chi connectivity index (χ2n) is 5.45. The van der Waals surface area contributed by atoms with Crippen LogP contribution in [0.5, 0.6) is 11.5 Å². The highest BCUT2D eigenvalue weighted by molar-refractivity contribution is 9.10. The van der Waals surface area contributed by atoms with Gasteiger partial charge in [0.15, 0.2) is 18.5 Å². The molecule has 0 aliphatic carbocycles. The molecular weight excluding hydrogens is 388 g/mol. The summed E-state index contributed by atoms with van der Waals surface area (Å²) in [6.07, 6.45) is -0.807. The monoisotopic (exact) mass is 406 g/mol. The maximum absolute atomic E-state index is 12.1. The Hall–Kier alpha value is -2.34. The van der Waals surface area contributed by atoms with Gasteiger partial charge in [0.05, 0.1) is 11.6 Å². The first kappa shape index (κ1) is 19.0. The quantitative estimate of drug-likeness (QED) is 0.514. The summed E-state index contributed by atoms with van der Waals surface area (Å²) in [5.41, 5.74) is 1.52. The Balaban J connectivity index is 1.89. The average Bonchev–Trinajstić information content (AvgIpc) is 2.61. The van der Waals surface area contributed by atoms with E-state index < -0.39 is 12.1 Å². The van der Waals surface area contributed by atoms with Gasteiger partial charge in [-0.05, 0) is 60.1 Å². The van der Waals surface area contributed by atoms with Gasteiger partial charge in [-0.2, -0.15) is 0 Å². The minimum Gasteiger partial charge on any atom is -0.496 e. The first-order chi connectivity index (χ1) is 11.9. The van der Waals surface area contributed by atoms with Crippen molar-refractivity contribution in [3.8, 4) is 11.5 Å². The number of Topliss-reactive ketones (excluding diaryl/α,β-unsaturated/α-hetero) is 1. The molecule has 0 bridgehead atoms. The molecule has 2 aromatic carbocycles. The van der Waals surface area contributed by atoms with Crippen molar-refractivity contribution < 1.29 is 23.8 Å². The highest BCUT2D eigenvalue weighted by atomic mass is 79.9. The number of benzene rings is 2. The SMILES string of the molecule is COc1ccc(C(=O)COC(=O)C(C)Oc2ccc(C)cc2)cc1Br. The number of carbonyl (C=O) groups is 2. The van der Waals surface area contributed by atoms with E-state index in [2.05, 4.69) is 15.9 Å². The molecule has 25 heavy (non-hydrogen) atoms. The van der Waals surface area contributed by atoms with Crippen LogP contribution in [0.4, 0.5) is 0 Å². The number of halogens is 1. The second-order valence-corrected chi connectivity index (χ2v) is 6.31. The lowest BCUT2D eigenvalue weighted by molar-refractivity contribution is -0.149. The fourth-order valence-corrected chi connectivity index (χ4v) is 2.59. The van der Waals surface area contributed by atoms with Crippen molar-refractivity contribution in [1.29, 1.82) is 0 Å². The maximum atomic E-state index is 12.1. The van der Waals surface area contributed by atoms with E-state index in [1.54, 1.807) is 44.4 Å². The number of hydrogen-bond donors (Lipinski definition) is 0. The lowest BCUT2D eigenvalue weighted by Gasteiger charge is -2.14. The van der Waals surface area contributed by atoms with Crippen molar-refractivity contribution in [3.63, 3.8) is 0 Å². The largest absolute Gasteiger partial charge is 0.496 e. The third-order valence-electron chi connectivity index (χ3n) is 3.49. The first-order valence-electron chi connectivity index (χ1n) is 7.67. The lowest BCUT2D eigenvalue weighted by atomic mass is 10.1. The second kappa shape index (κ2) is 8.67. The van der Waals surface area contributed by atoms with E-state index >= 15 is 0 Å². The van der Waals surface area contributed by atoms with Crippen LogP contribution in [0, 0.1) is 6.92 Å². The molecule has 0 radical (unpaired) electrons. The molecule has 132 valence electrons. The van der Waals surface area contributed by atoms with E-state index in [1.165, 1.54) is 0 Å². The molecule has 0 amide bonds. The molecule has 0 saturated carbocycles. The zero-order valence-corrected chi connectivity index (χ0v) is 15.8. The summed E-state index contributed by atoms with van der Waals surface area (Å²) in [4.78, 5) is 24.1. The van der Waals surface area contributed by atoms with Gasteiger partial charge in [-0.25, -0.2) is 4.79 Å². The Morgan fingerprint density at radius 3 is 2.40 bits per heavy atom. The van der Waals surface area contributed by atoms with Crippen molar-refractivity contribution in [2.75, 3.05) is 13.7 Å². The summed E-state index contributed by atoms with van der Waals surface area (Å²) < 4.78 is 16.3. The zero-order valence-electron chi connectivity index (χ0n) is 14.2. The molecule has 0 aliphatic heterocycles. The summed E-state index contributed by atoms with van der Waals surface area (Å²) in [5.74, 6) is 0.287. The highest BCUT2D eigenvalue weighted by Gasteiger charge is 2.18. The third kappa shape index (κ3) is 5.32. The van der Waals surface area contributed by atoms with Crippen LogP contribution < -0.4 is 9.47 Å². The first-order valence-corrected chi connectivity index (χ1v) is 8.46. The van der Waals surface area contributed by atoms with Gasteiger partial charge in [0.25, 0.3) is 0 Å². The Kier molecular flexibility index (Phi) is 6.58. The Bertz CT molecular complexity index is 755. The van der Waals surface area contributed by atoms with Crippen LogP contribution >= 0.6 is 15.9 Å². The van der Waals surface area contributed by atoms with E-state index in [0.29, 0.717) is 21.5 Å². The molecule has 0 N–H and O–H groups in total. The van der Waals surface area contributed by atoms with Gasteiger partial charge in [-0.1, -0.05) is 17.7 Å². The summed E-state index contributed by atoms with van der Waals surface area (Å²) >= 11 is 3.32. The smallest absolute Gasteiger partial charge is 0.347 e. The van der Waals surface area contributed by atoms with Crippen molar-refractivity contribution in [2.45, 2.75) is 20.0 Å². The molecule has 1 unspecified atom stereocenters. The van der Waals surface area contributed by atoms with Gasteiger partial charge in [0.1, 0.15) is 11.5 Å². The Labute approximate surface area is 155 Å². The number of methoxy groups -OCH3 is 1. The number of aryl methyl sites for hydroxylation is 1. The van der Waals surface area contributed by atoms with E-state index in [0.717, 1.165) is 5.56 Å². The van der Waals surface area contributed by atoms with Crippen LogP contribution in [0.1, 0.15) is 22.8 Å². The van der Waals surface area contributed by atoms with Gasteiger partial charge in [-0.3, -0.25) is 4.79 Å². The van der Waals surface area contributed by atoms with Crippen LogP contribution in [0.25, 0.3) is 0 Å². The zero-order chi connectivity index (χ0) is 18.4. The number of ketones is 1. The Morgan fingerprint density at radius 2 is 1.80 bits per heavy atom. The van der Waals surface area contributed by atoms with Crippen LogP contribution in [0.2, 0.25) is 0 Å². The van der Waals surface area contributed by atoms with E-state index in [1.807, 2.05) is 19.1 Å². The molecular formula is C19H19BrO5. The van der Waals surface area contributed by atoms with E-state index in [9.17, 15) is 9.59 Å². The summed E-state index contributed by atoms with van der Waals surface area (Å²) in [6, 6.07) is 12.2. The molecule has 0 fully saturated rings. The molecule has 0 aliphatic rings. The standard InChI is InChI=1S/C19H19BrO5/c1-12-4-7-15(8-5-12)25-13(2)19(22)24-11-17(21)14-6-9-18(23-3)16(20)10-14/h4-10,13H,11H2,1-3H3. The van der Waals surface area contributed by atoms with Crippen molar-refractivity contribution in [3.05, 3.63) is 58.1 Å². The molecule has 6 heteroatoms. The van der Waals surface area contributed by atoms with Crippen LogP contribution in [-0.4, -0.2) is 31.6 Å². The van der Waals surface area contributed by atoms with Gasteiger partial charge < -0.3 is 14.2 Å². The van der Waals surface area contributed by atoms with Crippen LogP contribution in [-0.2, 0) is 9.53 Å². The van der Waals surface area contributed by atoms with Gasteiger partial charge in [-0.15, -0.1) is 0 Å². The molecule has 0 spiro atoms. The predicted octanol–water partition coefficient (Wildman–Crippen LogP) is 3.96. The number of hydrogen-bond acceptors (Lipinski definition) is 5. The number of ether oxygens (including phenoxy) is 3. The van der Waals surface area contributed by atoms with Crippen LogP contribution in [0.3, 0.4) is 0 Å². The topological polar surface area (TPSA) is 61.8 Å². The van der Waals surface area contributed by atoms with Crippen molar-refractivity contribution >= 4 is 27.7 Å². The minimum atomic E-state index is -0.807. The lowest BCUT2D eigenvalue weighted by Crippen LogP contribution is -2.28. The van der Waals surface area contributed by atoms with Crippen LogP contribution in [0.15, 0.2) is 46.9 Å². The third-order valence-corrected chi connectivity index (χ3v) is 4.10. The maximum Gasteiger partial charge on any atom is 0.347 e. The van der Waals surface area contributed by atoms with Gasteiger partial charge in [0.2, 0.25) is 0 Å². The molecule has 1 atom stereocenters. The summed E-state index contributed by atoms with van der Waals surface area (Å²) in [5, 5.41) is 0. The average molecular weight is 407 g/mol. The fraction of sp³-hybridized carbons (Fsp3) is 0.263. The molecule has 5 nitrogen and oxygen atoms in total. The summed E-state index contributed by atoms with van der Waals surface area (Å²) in [6.45, 7) is 3.19. The molecule has 0 aromatic heterocycles. The Morgan fingerprint density at radius 1 is 1.12 bits per heavy atom. The number of esters is 1. The molecule has 2 aromatic rings.